The van der Waals surface area contributed by atoms with Gasteiger partial charge in [-0.1, -0.05) is 6.07 Å². The quantitative estimate of drug-likeness (QED) is 0.842. The summed E-state index contributed by atoms with van der Waals surface area (Å²) in [4.78, 5) is 13.9. The van der Waals surface area contributed by atoms with Crippen LogP contribution in [0.2, 0.25) is 0 Å². The van der Waals surface area contributed by atoms with Crippen LogP contribution in [0.4, 0.5) is 5.69 Å². The minimum absolute atomic E-state index is 0.00321. The first-order chi connectivity index (χ1) is 8.99. The van der Waals surface area contributed by atoms with Gasteiger partial charge < -0.3 is 15.0 Å². The third-order valence-corrected chi connectivity index (χ3v) is 3.99. The zero-order valence-corrected chi connectivity index (χ0v) is 11.7. The van der Waals surface area contributed by atoms with Crippen LogP contribution < -0.4 is 15.0 Å². The smallest absolute Gasteiger partial charge is 0.270 e. The zero-order chi connectivity index (χ0) is 13.6. The molecule has 0 aromatic heterocycles. The number of carbonyl (C=O) groups excluding carboxylic acids is 1. The van der Waals surface area contributed by atoms with Crippen LogP contribution in [-0.4, -0.2) is 25.1 Å². The number of benzene rings is 1. The van der Waals surface area contributed by atoms with E-state index in [1.807, 2.05) is 13.1 Å². The molecule has 1 aromatic rings. The van der Waals surface area contributed by atoms with E-state index in [4.69, 9.17) is 4.74 Å². The fraction of sp³-hybridized carbons (Fsp3) is 0.533. The maximum absolute atomic E-state index is 12.2. The molecule has 0 aliphatic carbocycles. The number of nitrogens with zero attached hydrogens (tertiary/aromatic N) is 1. The highest BCUT2D eigenvalue weighted by Gasteiger charge is 2.39. The van der Waals surface area contributed by atoms with Crippen molar-refractivity contribution in [1.29, 1.82) is 0 Å². The molecule has 0 radical (unpaired) electrons. The Bertz CT molecular complexity index is 519. The summed E-state index contributed by atoms with van der Waals surface area (Å²) in [5, 5.41) is 3.48. The van der Waals surface area contributed by atoms with Gasteiger partial charge in [-0.3, -0.25) is 4.79 Å². The summed E-state index contributed by atoms with van der Waals surface area (Å²) >= 11 is 0. The molecule has 0 bridgehead atoms. The van der Waals surface area contributed by atoms with Crippen LogP contribution in [0, 0.1) is 0 Å². The third-order valence-electron chi connectivity index (χ3n) is 3.99. The molecular formula is C15H20N2O2. The second-order valence-electron chi connectivity index (χ2n) is 5.85. The molecule has 2 heterocycles. The van der Waals surface area contributed by atoms with E-state index in [1.54, 1.807) is 18.7 Å². The molecule has 4 heteroatoms. The van der Waals surface area contributed by atoms with Crippen molar-refractivity contribution in [3.63, 3.8) is 0 Å². The molecule has 4 nitrogen and oxygen atoms in total. The SMILES string of the molecule is CN1C(=O)C(C)(C)Oc2ccc(C3CCCN3)cc21. The van der Waals surface area contributed by atoms with Gasteiger partial charge in [-0.2, -0.15) is 0 Å². The second-order valence-corrected chi connectivity index (χ2v) is 5.85. The van der Waals surface area contributed by atoms with E-state index in [1.165, 1.54) is 12.0 Å². The number of fused-ring (bicyclic) bond motifs is 1. The largest absolute Gasteiger partial charge is 0.476 e. The fourth-order valence-electron chi connectivity index (χ4n) is 2.90. The number of ether oxygens (including phenoxy) is 1. The normalized spacial score (nSPS) is 25.1. The molecule has 1 unspecified atom stereocenters. The number of hydrogen-bond acceptors (Lipinski definition) is 3. The van der Waals surface area contributed by atoms with E-state index in [9.17, 15) is 4.79 Å². The maximum Gasteiger partial charge on any atom is 0.270 e. The first kappa shape index (κ1) is 12.5. The Morgan fingerprint density at radius 3 is 2.89 bits per heavy atom. The number of anilines is 1. The highest BCUT2D eigenvalue weighted by molar-refractivity contribution is 6.01. The average molecular weight is 260 g/mol. The summed E-state index contributed by atoms with van der Waals surface area (Å²) in [6.07, 6.45) is 2.36. The number of likely N-dealkylation sites (N-methyl/N-ethyl adjacent to an activating group) is 1. The van der Waals surface area contributed by atoms with Gasteiger partial charge in [-0.05, 0) is 50.9 Å². The second kappa shape index (κ2) is 4.23. The Hall–Kier alpha value is -1.55. The molecule has 1 atom stereocenters. The van der Waals surface area contributed by atoms with Gasteiger partial charge in [0.2, 0.25) is 0 Å². The van der Waals surface area contributed by atoms with Crippen LogP contribution in [0.5, 0.6) is 5.75 Å². The number of rotatable bonds is 1. The van der Waals surface area contributed by atoms with Gasteiger partial charge in [0.25, 0.3) is 5.91 Å². The molecule has 102 valence electrons. The van der Waals surface area contributed by atoms with Gasteiger partial charge >= 0.3 is 0 Å². The van der Waals surface area contributed by atoms with Crippen LogP contribution >= 0.6 is 0 Å². The lowest BCUT2D eigenvalue weighted by Gasteiger charge is -2.37. The Morgan fingerprint density at radius 1 is 1.42 bits per heavy atom. The van der Waals surface area contributed by atoms with Crippen molar-refractivity contribution >= 4 is 11.6 Å². The van der Waals surface area contributed by atoms with Crippen molar-refractivity contribution in [2.75, 3.05) is 18.5 Å². The van der Waals surface area contributed by atoms with Crippen LogP contribution in [-0.2, 0) is 4.79 Å². The summed E-state index contributed by atoms with van der Waals surface area (Å²) in [5.74, 6) is 0.783. The molecule has 1 fully saturated rings. The highest BCUT2D eigenvalue weighted by Crippen LogP contribution is 2.39. The lowest BCUT2D eigenvalue weighted by Crippen LogP contribution is -2.50. The minimum atomic E-state index is -0.783. The van der Waals surface area contributed by atoms with Crippen LogP contribution in [0.3, 0.4) is 0 Å². The van der Waals surface area contributed by atoms with Crippen molar-refractivity contribution in [3.8, 4) is 5.75 Å². The molecular weight excluding hydrogens is 240 g/mol. The number of hydrogen-bond donors (Lipinski definition) is 1. The fourth-order valence-corrected chi connectivity index (χ4v) is 2.90. The summed E-state index contributed by atoms with van der Waals surface area (Å²) < 4.78 is 5.81. The predicted molar refractivity (Wildman–Crippen MR) is 74.5 cm³/mol. The highest BCUT2D eigenvalue weighted by atomic mass is 16.5. The van der Waals surface area contributed by atoms with Gasteiger partial charge in [-0.15, -0.1) is 0 Å². The molecule has 1 saturated heterocycles. The first-order valence-electron chi connectivity index (χ1n) is 6.83. The van der Waals surface area contributed by atoms with E-state index < -0.39 is 5.60 Å². The summed E-state index contributed by atoms with van der Waals surface area (Å²) in [6.45, 7) is 4.68. The molecule has 2 aliphatic heterocycles. The third kappa shape index (κ3) is 2.00. The summed E-state index contributed by atoms with van der Waals surface area (Å²) in [6, 6.07) is 6.56. The molecule has 2 aliphatic rings. The maximum atomic E-state index is 12.2. The Labute approximate surface area is 113 Å². The van der Waals surface area contributed by atoms with Gasteiger partial charge in [0.1, 0.15) is 5.75 Å². The molecule has 19 heavy (non-hydrogen) atoms. The van der Waals surface area contributed by atoms with Crippen molar-refractivity contribution in [3.05, 3.63) is 23.8 Å². The lowest BCUT2D eigenvalue weighted by molar-refractivity contribution is -0.132. The van der Waals surface area contributed by atoms with Crippen LogP contribution in [0.1, 0.15) is 38.3 Å². The van der Waals surface area contributed by atoms with Gasteiger partial charge in [0.15, 0.2) is 5.60 Å². The Morgan fingerprint density at radius 2 is 2.21 bits per heavy atom. The van der Waals surface area contributed by atoms with Gasteiger partial charge in [0.05, 0.1) is 5.69 Å². The summed E-state index contributed by atoms with van der Waals surface area (Å²) in [5.41, 5.74) is 1.32. The van der Waals surface area contributed by atoms with Crippen molar-refractivity contribution in [1.82, 2.24) is 5.32 Å². The Kier molecular flexibility index (Phi) is 2.78. The zero-order valence-electron chi connectivity index (χ0n) is 11.7. The molecule has 1 N–H and O–H groups in total. The lowest BCUT2D eigenvalue weighted by atomic mass is 10.0. The Balaban J connectivity index is 1.99. The van der Waals surface area contributed by atoms with E-state index in [-0.39, 0.29) is 5.91 Å². The number of carbonyl (C=O) groups is 1. The first-order valence-corrected chi connectivity index (χ1v) is 6.83. The van der Waals surface area contributed by atoms with E-state index in [0.717, 1.165) is 24.4 Å². The predicted octanol–water partition coefficient (Wildman–Crippen LogP) is 2.24. The molecule has 1 aromatic carbocycles. The van der Waals surface area contributed by atoms with Crippen LogP contribution in [0.25, 0.3) is 0 Å². The van der Waals surface area contributed by atoms with E-state index in [0.29, 0.717) is 6.04 Å². The molecule has 0 spiro atoms. The topological polar surface area (TPSA) is 41.6 Å². The number of amides is 1. The standard InChI is InChI=1S/C15H20N2O2/c1-15(2)14(18)17(3)12-9-10(6-7-13(12)19-15)11-5-4-8-16-11/h6-7,9,11,16H,4-5,8H2,1-3H3. The average Bonchev–Trinajstić information content (AvgIpc) is 2.89. The molecule has 3 rings (SSSR count). The van der Waals surface area contributed by atoms with Crippen molar-refractivity contribution in [2.45, 2.75) is 38.3 Å². The van der Waals surface area contributed by atoms with Crippen molar-refractivity contribution in [2.24, 2.45) is 0 Å². The van der Waals surface area contributed by atoms with E-state index >= 15 is 0 Å². The number of nitrogens with one attached hydrogen (secondary N) is 1. The monoisotopic (exact) mass is 260 g/mol. The van der Waals surface area contributed by atoms with Crippen molar-refractivity contribution < 1.29 is 9.53 Å². The van der Waals surface area contributed by atoms with Crippen LogP contribution in [0.15, 0.2) is 18.2 Å². The van der Waals surface area contributed by atoms with E-state index in [2.05, 4.69) is 17.4 Å². The van der Waals surface area contributed by atoms with Gasteiger partial charge in [-0.25, -0.2) is 0 Å². The van der Waals surface area contributed by atoms with Gasteiger partial charge in [0, 0.05) is 13.1 Å². The minimum Gasteiger partial charge on any atom is -0.476 e. The molecule has 0 saturated carbocycles. The summed E-state index contributed by atoms with van der Waals surface area (Å²) in [7, 11) is 1.82. The molecule has 1 amide bonds.